The Kier molecular flexibility index (Phi) is 5.99. The number of carbonyl (C=O) groups excluding carboxylic acids is 1. The standard InChI is InChI=1S/C18H19NO2.ClH/c20-18(16-9-5-2-6-10-16)21-17-11-12-19(14-17)13-15-7-3-1-4-8-15;/h1-10,17H,11-14H2;1H. The number of hydrogen-bond donors (Lipinski definition) is 0. The molecule has 3 rings (SSSR count). The minimum atomic E-state index is -0.220. The molecule has 3 nitrogen and oxygen atoms in total. The lowest BCUT2D eigenvalue weighted by molar-refractivity contribution is 0.0320. The second-order valence-corrected chi connectivity index (χ2v) is 5.40. The molecular formula is C18H20ClNO2. The van der Waals surface area contributed by atoms with Crippen LogP contribution in [0.15, 0.2) is 60.7 Å². The smallest absolute Gasteiger partial charge is 0.338 e. The first-order chi connectivity index (χ1) is 10.3. The summed E-state index contributed by atoms with van der Waals surface area (Å²) < 4.78 is 5.58. The lowest BCUT2D eigenvalue weighted by Crippen LogP contribution is -2.24. The van der Waals surface area contributed by atoms with Crippen molar-refractivity contribution in [2.45, 2.75) is 19.1 Å². The molecule has 1 saturated heterocycles. The van der Waals surface area contributed by atoms with Gasteiger partial charge in [-0.2, -0.15) is 0 Å². The molecule has 0 saturated carbocycles. The summed E-state index contributed by atoms with van der Waals surface area (Å²) in [6, 6.07) is 19.6. The molecule has 1 aliphatic rings. The number of rotatable bonds is 4. The summed E-state index contributed by atoms with van der Waals surface area (Å²) in [5.41, 5.74) is 1.92. The third kappa shape index (κ3) is 4.33. The number of carbonyl (C=O) groups is 1. The topological polar surface area (TPSA) is 29.5 Å². The van der Waals surface area contributed by atoms with Crippen LogP contribution in [0.3, 0.4) is 0 Å². The molecule has 22 heavy (non-hydrogen) atoms. The van der Waals surface area contributed by atoms with E-state index < -0.39 is 0 Å². The summed E-state index contributed by atoms with van der Waals surface area (Å²) in [5.74, 6) is -0.220. The van der Waals surface area contributed by atoms with Crippen molar-refractivity contribution in [2.24, 2.45) is 0 Å². The van der Waals surface area contributed by atoms with E-state index in [0.29, 0.717) is 5.56 Å². The average Bonchev–Trinajstić information content (AvgIpc) is 2.96. The summed E-state index contributed by atoms with van der Waals surface area (Å²) >= 11 is 0. The normalized spacial score (nSPS) is 17.7. The molecule has 0 amide bonds. The van der Waals surface area contributed by atoms with E-state index in [9.17, 15) is 4.79 Å². The Morgan fingerprint density at radius 2 is 1.68 bits per heavy atom. The highest BCUT2D eigenvalue weighted by molar-refractivity contribution is 5.89. The highest BCUT2D eigenvalue weighted by Crippen LogP contribution is 2.17. The van der Waals surface area contributed by atoms with Crippen LogP contribution in [0.5, 0.6) is 0 Å². The molecule has 0 radical (unpaired) electrons. The van der Waals surface area contributed by atoms with Gasteiger partial charge in [-0.15, -0.1) is 12.4 Å². The Bertz CT molecular complexity index is 589. The lowest BCUT2D eigenvalue weighted by Gasteiger charge is -2.16. The Hall–Kier alpha value is -1.84. The van der Waals surface area contributed by atoms with Crippen LogP contribution in [0.25, 0.3) is 0 Å². The summed E-state index contributed by atoms with van der Waals surface area (Å²) in [6.07, 6.45) is 0.909. The van der Waals surface area contributed by atoms with Gasteiger partial charge in [0.05, 0.1) is 5.56 Å². The Labute approximate surface area is 137 Å². The molecule has 116 valence electrons. The van der Waals surface area contributed by atoms with Gasteiger partial charge in [0.2, 0.25) is 0 Å². The van der Waals surface area contributed by atoms with E-state index in [1.807, 2.05) is 24.3 Å². The molecule has 2 aromatic rings. The second kappa shape index (κ2) is 7.97. The molecule has 0 N–H and O–H groups in total. The predicted molar refractivity (Wildman–Crippen MR) is 89.2 cm³/mol. The van der Waals surface area contributed by atoms with Gasteiger partial charge in [-0.05, 0) is 24.1 Å². The first-order valence-corrected chi connectivity index (χ1v) is 7.33. The number of benzene rings is 2. The van der Waals surface area contributed by atoms with Gasteiger partial charge >= 0.3 is 5.97 Å². The molecule has 1 aliphatic heterocycles. The lowest BCUT2D eigenvalue weighted by atomic mass is 10.2. The maximum Gasteiger partial charge on any atom is 0.338 e. The maximum atomic E-state index is 12.0. The van der Waals surface area contributed by atoms with Crippen LogP contribution in [-0.4, -0.2) is 30.1 Å². The van der Waals surface area contributed by atoms with E-state index >= 15 is 0 Å². The number of halogens is 1. The zero-order chi connectivity index (χ0) is 14.5. The average molecular weight is 318 g/mol. The molecule has 1 fully saturated rings. The van der Waals surface area contributed by atoms with Gasteiger partial charge < -0.3 is 4.74 Å². The summed E-state index contributed by atoms with van der Waals surface area (Å²) in [6.45, 7) is 2.70. The summed E-state index contributed by atoms with van der Waals surface area (Å²) in [5, 5.41) is 0. The Morgan fingerprint density at radius 3 is 2.36 bits per heavy atom. The van der Waals surface area contributed by atoms with Crippen molar-refractivity contribution in [1.82, 2.24) is 4.90 Å². The molecule has 1 unspecified atom stereocenters. The summed E-state index contributed by atoms with van der Waals surface area (Å²) in [4.78, 5) is 14.4. The molecular weight excluding hydrogens is 298 g/mol. The fourth-order valence-corrected chi connectivity index (χ4v) is 2.67. The first-order valence-electron chi connectivity index (χ1n) is 7.33. The van der Waals surface area contributed by atoms with Crippen LogP contribution in [0.4, 0.5) is 0 Å². The fourth-order valence-electron chi connectivity index (χ4n) is 2.67. The van der Waals surface area contributed by atoms with E-state index in [1.54, 1.807) is 12.1 Å². The van der Waals surface area contributed by atoms with Crippen molar-refractivity contribution in [1.29, 1.82) is 0 Å². The van der Waals surface area contributed by atoms with Crippen molar-refractivity contribution in [2.75, 3.05) is 13.1 Å². The number of esters is 1. The third-order valence-corrected chi connectivity index (χ3v) is 3.76. The van der Waals surface area contributed by atoms with Crippen molar-refractivity contribution in [3.05, 3.63) is 71.8 Å². The van der Waals surface area contributed by atoms with E-state index in [4.69, 9.17) is 4.74 Å². The molecule has 0 aromatic heterocycles. The van der Waals surface area contributed by atoms with Gasteiger partial charge in [0.25, 0.3) is 0 Å². The first kappa shape index (κ1) is 16.5. The van der Waals surface area contributed by atoms with Crippen LogP contribution < -0.4 is 0 Å². The van der Waals surface area contributed by atoms with Gasteiger partial charge in [-0.25, -0.2) is 4.79 Å². The molecule has 0 spiro atoms. The van der Waals surface area contributed by atoms with E-state index in [1.165, 1.54) is 5.56 Å². The van der Waals surface area contributed by atoms with Crippen molar-refractivity contribution < 1.29 is 9.53 Å². The van der Waals surface area contributed by atoms with Crippen LogP contribution in [0.2, 0.25) is 0 Å². The Balaban J connectivity index is 0.00000176. The highest BCUT2D eigenvalue weighted by Gasteiger charge is 2.25. The van der Waals surface area contributed by atoms with Gasteiger partial charge in [-0.3, -0.25) is 4.90 Å². The second-order valence-electron chi connectivity index (χ2n) is 5.40. The third-order valence-electron chi connectivity index (χ3n) is 3.76. The van der Waals surface area contributed by atoms with Crippen molar-refractivity contribution in [3.8, 4) is 0 Å². The van der Waals surface area contributed by atoms with Gasteiger partial charge in [-0.1, -0.05) is 48.5 Å². The van der Waals surface area contributed by atoms with Crippen LogP contribution >= 0.6 is 12.4 Å². The van der Waals surface area contributed by atoms with Crippen LogP contribution in [0, 0.1) is 0 Å². The number of nitrogens with zero attached hydrogens (tertiary/aromatic N) is 1. The van der Waals surface area contributed by atoms with Crippen molar-refractivity contribution in [3.63, 3.8) is 0 Å². The zero-order valence-corrected chi connectivity index (χ0v) is 13.2. The fraction of sp³-hybridized carbons (Fsp3) is 0.278. The van der Waals surface area contributed by atoms with E-state index in [0.717, 1.165) is 26.1 Å². The molecule has 0 bridgehead atoms. The quantitative estimate of drug-likeness (QED) is 0.808. The predicted octanol–water partition coefficient (Wildman–Crippen LogP) is 3.54. The van der Waals surface area contributed by atoms with Crippen LogP contribution in [0.1, 0.15) is 22.3 Å². The SMILES string of the molecule is Cl.O=C(OC1CCN(Cc2ccccc2)C1)c1ccccc1. The van der Waals surface area contributed by atoms with Gasteiger partial charge in [0.15, 0.2) is 0 Å². The minimum Gasteiger partial charge on any atom is -0.457 e. The summed E-state index contributed by atoms with van der Waals surface area (Å²) in [7, 11) is 0. The highest BCUT2D eigenvalue weighted by atomic mass is 35.5. The molecule has 1 heterocycles. The monoisotopic (exact) mass is 317 g/mol. The molecule has 4 heteroatoms. The number of hydrogen-bond acceptors (Lipinski definition) is 3. The minimum absolute atomic E-state index is 0. The van der Waals surface area contributed by atoms with E-state index in [2.05, 4.69) is 29.2 Å². The van der Waals surface area contributed by atoms with Gasteiger partial charge in [0.1, 0.15) is 6.10 Å². The van der Waals surface area contributed by atoms with E-state index in [-0.39, 0.29) is 24.5 Å². The molecule has 0 aliphatic carbocycles. The molecule has 1 atom stereocenters. The molecule has 2 aromatic carbocycles. The zero-order valence-electron chi connectivity index (χ0n) is 12.4. The number of likely N-dealkylation sites (tertiary alicyclic amines) is 1. The number of ether oxygens (including phenoxy) is 1. The van der Waals surface area contributed by atoms with Crippen molar-refractivity contribution >= 4 is 18.4 Å². The van der Waals surface area contributed by atoms with Crippen LogP contribution in [-0.2, 0) is 11.3 Å². The maximum absolute atomic E-state index is 12.0. The largest absolute Gasteiger partial charge is 0.457 e. The Morgan fingerprint density at radius 1 is 1.05 bits per heavy atom. The van der Waals surface area contributed by atoms with Gasteiger partial charge in [0, 0.05) is 19.6 Å².